The van der Waals surface area contributed by atoms with Crippen molar-refractivity contribution in [2.24, 2.45) is 5.10 Å². The molecule has 0 atom stereocenters. The lowest BCUT2D eigenvalue weighted by molar-refractivity contribution is -0.121. The molecule has 0 fully saturated rings. The molecule has 0 unspecified atom stereocenters. The van der Waals surface area contributed by atoms with Gasteiger partial charge in [-0.2, -0.15) is 5.10 Å². The molecule has 1 aromatic rings. The number of hydrazone groups is 1. The van der Waals surface area contributed by atoms with Crippen LogP contribution in [0.15, 0.2) is 23.3 Å². The Morgan fingerprint density at radius 3 is 2.67 bits per heavy atom. The summed E-state index contributed by atoms with van der Waals surface area (Å²) in [5.41, 5.74) is 2.44. The molecule has 0 saturated carbocycles. The molecular weight excluding hydrogens is 244 g/mol. The first-order valence-electron chi connectivity index (χ1n) is 5.18. The average Bonchev–Trinajstić information content (AvgIpc) is 2.34. The lowest BCUT2D eigenvalue weighted by Crippen LogP contribution is -2.32. The van der Waals surface area contributed by atoms with E-state index in [0.717, 1.165) is 12.1 Å². The Balaban J connectivity index is 2.07. The lowest BCUT2D eigenvalue weighted by atomic mass is 10.1. The van der Waals surface area contributed by atoms with E-state index in [4.69, 9.17) is 0 Å². The van der Waals surface area contributed by atoms with E-state index in [1.54, 1.807) is 0 Å². The second-order valence-corrected chi connectivity index (χ2v) is 3.68. The van der Waals surface area contributed by atoms with Crippen LogP contribution in [0.25, 0.3) is 0 Å². The van der Waals surface area contributed by atoms with Gasteiger partial charge in [0.2, 0.25) is 5.91 Å². The zero-order valence-corrected chi connectivity index (χ0v) is 9.17. The Kier molecular flexibility index (Phi) is 3.31. The van der Waals surface area contributed by atoms with Crippen LogP contribution < -0.4 is 10.7 Å². The topological polar surface area (TPSA) is 70.6 Å². The van der Waals surface area contributed by atoms with Gasteiger partial charge < -0.3 is 5.32 Å². The van der Waals surface area contributed by atoms with Gasteiger partial charge in [0, 0.05) is 24.6 Å². The molecule has 1 aromatic carbocycles. The molecule has 2 rings (SSSR count). The number of carbonyl (C=O) groups is 2. The van der Waals surface area contributed by atoms with Gasteiger partial charge in [-0.15, -0.1) is 0 Å². The Morgan fingerprint density at radius 1 is 1.28 bits per heavy atom. The van der Waals surface area contributed by atoms with Crippen molar-refractivity contribution < 1.29 is 18.4 Å². The van der Waals surface area contributed by atoms with Crippen molar-refractivity contribution in [3.63, 3.8) is 0 Å². The van der Waals surface area contributed by atoms with Crippen LogP contribution in [0.1, 0.15) is 12.8 Å². The third-order valence-corrected chi connectivity index (χ3v) is 2.34. The maximum absolute atomic E-state index is 12.9. The molecule has 0 aromatic heterocycles. The fraction of sp³-hybridized carbons (Fsp3) is 0.182. The van der Waals surface area contributed by atoms with Crippen molar-refractivity contribution in [3.8, 4) is 0 Å². The van der Waals surface area contributed by atoms with Crippen LogP contribution in [0.3, 0.4) is 0 Å². The molecule has 1 heterocycles. The zero-order chi connectivity index (χ0) is 13.1. The number of nitrogens with zero attached hydrogens (tertiary/aromatic N) is 1. The summed E-state index contributed by atoms with van der Waals surface area (Å²) in [5.74, 6) is -2.86. The van der Waals surface area contributed by atoms with Crippen LogP contribution in [-0.2, 0) is 9.59 Å². The Morgan fingerprint density at radius 2 is 2.06 bits per heavy atom. The number of halogens is 2. The lowest BCUT2D eigenvalue weighted by Gasteiger charge is -2.11. The van der Waals surface area contributed by atoms with Crippen molar-refractivity contribution in [2.75, 3.05) is 5.32 Å². The van der Waals surface area contributed by atoms with Crippen LogP contribution in [0.2, 0.25) is 0 Å². The van der Waals surface area contributed by atoms with Gasteiger partial charge in [0.25, 0.3) is 5.91 Å². The van der Waals surface area contributed by atoms with Crippen molar-refractivity contribution in [1.82, 2.24) is 5.43 Å². The van der Waals surface area contributed by atoms with E-state index in [2.05, 4.69) is 15.8 Å². The van der Waals surface area contributed by atoms with Gasteiger partial charge in [-0.25, -0.2) is 14.2 Å². The summed E-state index contributed by atoms with van der Waals surface area (Å²) in [6, 6.07) is 3.02. The number of amides is 2. The van der Waals surface area contributed by atoms with Gasteiger partial charge in [-0.1, -0.05) is 0 Å². The van der Waals surface area contributed by atoms with E-state index < -0.39 is 17.5 Å². The molecule has 0 spiro atoms. The molecule has 7 heteroatoms. The molecule has 18 heavy (non-hydrogen) atoms. The highest BCUT2D eigenvalue weighted by molar-refractivity contribution is 6.43. The van der Waals surface area contributed by atoms with Gasteiger partial charge >= 0.3 is 0 Å². The van der Waals surface area contributed by atoms with Crippen LogP contribution >= 0.6 is 0 Å². The predicted octanol–water partition coefficient (Wildman–Crippen LogP) is 1.17. The Labute approximate surface area is 101 Å². The molecule has 2 amide bonds. The SMILES string of the molecule is O=C1CCC(C(=O)Nc2ccc(F)c(F)c2)=NN1. The van der Waals surface area contributed by atoms with Crippen LogP contribution in [0.4, 0.5) is 14.5 Å². The smallest absolute Gasteiger partial charge is 0.271 e. The molecular formula is C11H9F2N3O2. The van der Waals surface area contributed by atoms with Gasteiger partial charge in [0.15, 0.2) is 11.6 Å². The number of rotatable bonds is 2. The number of anilines is 1. The van der Waals surface area contributed by atoms with E-state index in [1.165, 1.54) is 6.07 Å². The highest BCUT2D eigenvalue weighted by Crippen LogP contribution is 2.13. The van der Waals surface area contributed by atoms with Gasteiger partial charge in [0.1, 0.15) is 5.71 Å². The van der Waals surface area contributed by atoms with Gasteiger partial charge in [0.05, 0.1) is 0 Å². The number of hydrogen-bond donors (Lipinski definition) is 2. The van der Waals surface area contributed by atoms with E-state index in [1.807, 2.05) is 0 Å². The Bertz CT molecular complexity index is 543. The van der Waals surface area contributed by atoms with E-state index in [0.29, 0.717) is 0 Å². The summed E-state index contributed by atoms with van der Waals surface area (Å²) < 4.78 is 25.6. The second kappa shape index (κ2) is 4.91. The minimum Gasteiger partial charge on any atom is -0.321 e. The van der Waals surface area contributed by atoms with Gasteiger partial charge in [-0.05, 0) is 12.1 Å². The summed E-state index contributed by atoms with van der Waals surface area (Å²) in [4.78, 5) is 22.5. The normalized spacial score (nSPS) is 14.8. The molecule has 94 valence electrons. The van der Waals surface area contributed by atoms with E-state index >= 15 is 0 Å². The standard InChI is InChI=1S/C11H9F2N3O2/c12-7-2-1-6(5-8(7)13)14-11(18)9-3-4-10(17)16-15-9/h1-2,5H,3-4H2,(H,14,18)(H,16,17). The highest BCUT2D eigenvalue weighted by Gasteiger charge is 2.18. The zero-order valence-electron chi connectivity index (χ0n) is 9.17. The van der Waals surface area contributed by atoms with Crippen molar-refractivity contribution >= 4 is 23.2 Å². The quantitative estimate of drug-likeness (QED) is 0.830. The maximum atomic E-state index is 12.9. The minimum absolute atomic E-state index is 0.124. The van der Waals surface area contributed by atoms with Crippen LogP contribution in [0, 0.1) is 11.6 Å². The molecule has 5 nitrogen and oxygen atoms in total. The summed E-state index contributed by atoms with van der Waals surface area (Å²) in [7, 11) is 0. The van der Waals surface area contributed by atoms with Crippen molar-refractivity contribution in [3.05, 3.63) is 29.8 Å². The largest absolute Gasteiger partial charge is 0.321 e. The monoisotopic (exact) mass is 253 g/mol. The third-order valence-electron chi connectivity index (χ3n) is 2.34. The van der Waals surface area contributed by atoms with Crippen LogP contribution in [0.5, 0.6) is 0 Å². The van der Waals surface area contributed by atoms with Crippen molar-refractivity contribution in [2.45, 2.75) is 12.8 Å². The molecule has 1 aliphatic rings. The number of nitrogens with one attached hydrogen (secondary N) is 2. The first-order valence-corrected chi connectivity index (χ1v) is 5.18. The molecule has 0 bridgehead atoms. The molecule has 0 radical (unpaired) electrons. The maximum Gasteiger partial charge on any atom is 0.271 e. The first kappa shape index (κ1) is 12.2. The second-order valence-electron chi connectivity index (χ2n) is 3.68. The molecule has 2 N–H and O–H groups in total. The number of benzene rings is 1. The van der Waals surface area contributed by atoms with E-state index in [-0.39, 0.29) is 30.1 Å². The molecule has 1 aliphatic heterocycles. The predicted molar refractivity (Wildman–Crippen MR) is 59.8 cm³/mol. The fourth-order valence-corrected chi connectivity index (χ4v) is 1.41. The van der Waals surface area contributed by atoms with Crippen LogP contribution in [-0.4, -0.2) is 17.5 Å². The Hall–Kier alpha value is -2.31. The summed E-state index contributed by atoms with van der Waals surface area (Å²) in [6.07, 6.45) is 0.380. The fourth-order valence-electron chi connectivity index (χ4n) is 1.41. The van der Waals surface area contributed by atoms with E-state index in [9.17, 15) is 18.4 Å². The number of hydrogen-bond acceptors (Lipinski definition) is 3. The molecule has 0 saturated heterocycles. The van der Waals surface area contributed by atoms with Crippen molar-refractivity contribution in [1.29, 1.82) is 0 Å². The minimum atomic E-state index is -1.05. The number of carbonyl (C=O) groups excluding carboxylic acids is 2. The summed E-state index contributed by atoms with van der Waals surface area (Å²) in [5, 5.41) is 5.95. The first-order chi connectivity index (χ1) is 8.56. The highest BCUT2D eigenvalue weighted by atomic mass is 19.2. The van der Waals surface area contributed by atoms with Gasteiger partial charge in [-0.3, -0.25) is 9.59 Å². The molecule has 0 aliphatic carbocycles. The summed E-state index contributed by atoms with van der Waals surface area (Å²) >= 11 is 0. The summed E-state index contributed by atoms with van der Waals surface area (Å²) in [6.45, 7) is 0. The average molecular weight is 253 g/mol. The third kappa shape index (κ3) is 2.68.